The van der Waals surface area contributed by atoms with Gasteiger partial charge in [-0.25, -0.2) is 9.79 Å². The number of ether oxygens (including phenoxy) is 2. The molecule has 0 fully saturated rings. The summed E-state index contributed by atoms with van der Waals surface area (Å²) in [7, 11) is 2.91. The van der Waals surface area contributed by atoms with Crippen molar-refractivity contribution >= 4 is 35.0 Å². The number of benzene rings is 3. The second-order valence-electron chi connectivity index (χ2n) is 9.95. The van der Waals surface area contributed by atoms with Crippen LogP contribution in [0.3, 0.4) is 0 Å². The predicted octanol–water partition coefficient (Wildman–Crippen LogP) is 4.93. The van der Waals surface area contributed by atoms with Crippen LogP contribution in [0, 0.1) is 0 Å². The van der Waals surface area contributed by atoms with Gasteiger partial charge < -0.3 is 19.2 Å². The number of nitrogens with one attached hydrogen (secondary N) is 1. The van der Waals surface area contributed by atoms with E-state index in [2.05, 4.69) is 5.32 Å². The molecule has 44 heavy (non-hydrogen) atoms. The molecule has 0 radical (unpaired) electrons. The Balaban J connectivity index is 1.42. The standard InChI is InChI=1S/C34H27N3O6S/c1-20-29(31(38)36-24-10-5-4-6-11-24)30(21-12-14-25(41-2)15-13-21)37-32(39)28(44-34(37)35-20)19-26-16-17-27(43-26)22-8-7-9-23(18-22)33(40)42-3/h4-19,30H,1-3H3,(H,36,38)/b28-19+/t30-/m0/s1. The zero-order chi connectivity index (χ0) is 30.8. The van der Waals surface area contributed by atoms with Crippen LogP contribution in [-0.4, -0.2) is 30.7 Å². The molecule has 3 heterocycles. The smallest absolute Gasteiger partial charge is 0.337 e. The van der Waals surface area contributed by atoms with Gasteiger partial charge in [0.1, 0.15) is 17.3 Å². The van der Waals surface area contributed by atoms with E-state index in [0.717, 1.165) is 5.56 Å². The van der Waals surface area contributed by atoms with Crippen LogP contribution in [0.2, 0.25) is 0 Å². The third-order valence-electron chi connectivity index (χ3n) is 7.20. The van der Waals surface area contributed by atoms with Gasteiger partial charge in [-0.15, -0.1) is 0 Å². The highest BCUT2D eigenvalue weighted by Crippen LogP contribution is 2.32. The van der Waals surface area contributed by atoms with Crippen molar-refractivity contribution in [2.75, 3.05) is 19.5 Å². The number of furan rings is 1. The van der Waals surface area contributed by atoms with Crippen LogP contribution in [0.1, 0.15) is 34.6 Å². The zero-order valence-electron chi connectivity index (χ0n) is 24.1. The van der Waals surface area contributed by atoms with Gasteiger partial charge in [0, 0.05) is 17.3 Å². The average Bonchev–Trinajstić information content (AvgIpc) is 3.64. The second-order valence-corrected chi connectivity index (χ2v) is 11.0. The highest BCUT2D eigenvalue weighted by Gasteiger charge is 2.32. The Labute approximate surface area is 256 Å². The van der Waals surface area contributed by atoms with Crippen molar-refractivity contribution in [2.45, 2.75) is 13.0 Å². The number of carbonyl (C=O) groups excluding carboxylic acids is 2. The predicted molar refractivity (Wildman–Crippen MR) is 167 cm³/mol. The van der Waals surface area contributed by atoms with Crippen molar-refractivity contribution in [1.82, 2.24) is 4.57 Å². The second kappa shape index (κ2) is 12.0. The molecule has 1 amide bonds. The van der Waals surface area contributed by atoms with E-state index in [1.807, 2.05) is 36.4 Å². The number of amides is 1. The number of anilines is 1. The summed E-state index contributed by atoms with van der Waals surface area (Å²) in [5, 5.41) is 2.95. The topological polar surface area (TPSA) is 112 Å². The number of fused-ring (bicyclic) bond motifs is 1. The molecule has 0 aliphatic carbocycles. The Hall–Kier alpha value is -5.48. The van der Waals surface area contributed by atoms with Crippen molar-refractivity contribution in [1.29, 1.82) is 0 Å². The Kier molecular flexibility index (Phi) is 7.82. The number of carbonyl (C=O) groups is 2. The lowest BCUT2D eigenvalue weighted by molar-refractivity contribution is -0.113. The van der Waals surface area contributed by atoms with E-state index in [-0.39, 0.29) is 11.5 Å². The number of hydrogen-bond donors (Lipinski definition) is 1. The summed E-state index contributed by atoms with van der Waals surface area (Å²) in [5.74, 6) is 0.840. The van der Waals surface area contributed by atoms with Crippen LogP contribution in [-0.2, 0) is 9.53 Å². The maximum atomic E-state index is 14.0. The van der Waals surface area contributed by atoms with Gasteiger partial charge >= 0.3 is 5.97 Å². The van der Waals surface area contributed by atoms with Gasteiger partial charge in [-0.1, -0.05) is 53.8 Å². The zero-order valence-corrected chi connectivity index (χ0v) is 24.9. The van der Waals surface area contributed by atoms with E-state index in [9.17, 15) is 14.4 Å². The first-order valence-electron chi connectivity index (χ1n) is 13.7. The van der Waals surface area contributed by atoms with Crippen LogP contribution in [0.4, 0.5) is 5.69 Å². The molecule has 0 saturated carbocycles. The van der Waals surface area contributed by atoms with Gasteiger partial charge in [-0.3, -0.25) is 14.2 Å². The summed E-state index contributed by atoms with van der Waals surface area (Å²) in [6.07, 6.45) is 1.66. The molecule has 220 valence electrons. The summed E-state index contributed by atoms with van der Waals surface area (Å²) in [5.41, 5.74) is 3.03. The van der Waals surface area contributed by atoms with Crippen LogP contribution in [0.15, 0.2) is 116 Å². The quantitative estimate of drug-likeness (QED) is 0.264. The molecule has 3 aromatic carbocycles. The van der Waals surface area contributed by atoms with Gasteiger partial charge in [-0.2, -0.15) is 0 Å². The van der Waals surface area contributed by atoms with E-state index in [1.165, 1.54) is 18.4 Å². The minimum atomic E-state index is -0.726. The van der Waals surface area contributed by atoms with Crippen molar-refractivity contribution in [2.24, 2.45) is 4.99 Å². The number of nitrogens with zero attached hydrogens (tertiary/aromatic N) is 2. The molecule has 0 bridgehead atoms. The molecule has 0 spiro atoms. The molecule has 0 unspecified atom stereocenters. The van der Waals surface area contributed by atoms with E-state index in [4.69, 9.17) is 18.9 Å². The molecule has 5 aromatic rings. The third-order valence-corrected chi connectivity index (χ3v) is 8.18. The molecular formula is C34H27N3O6S. The fourth-order valence-electron chi connectivity index (χ4n) is 5.07. The number of hydrogen-bond acceptors (Lipinski definition) is 8. The molecule has 1 aliphatic rings. The van der Waals surface area contributed by atoms with Crippen molar-refractivity contribution in [3.05, 3.63) is 139 Å². The monoisotopic (exact) mass is 605 g/mol. The van der Waals surface area contributed by atoms with Crippen molar-refractivity contribution in [3.63, 3.8) is 0 Å². The van der Waals surface area contributed by atoms with E-state index < -0.39 is 12.0 Å². The molecule has 9 nitrogen and oxygen atoms in total. The summed E-state index contributed by atoms with van der Waals surface area (Å²) in [6, 6.07) is 26.1. The molecule has 6 rings (SSSR count). The SMILES string of the molecule is COC(=O)c1cccc(-c2ccc(/C=c3/sc4n(c3=O)[C@@H](c3ccc(OC)cc3)C(C(=O)Nc3ccccc3)=C(C)N=4)o2)c1. The van der Waals surface area contributed by atoms with Crippen LogP contribution < -0.4 is 24.9 Å². The van der Waals surface area contributed by atoms with Crippen molar-refractivity contribution in [3.8, 4) is 17.1 Å². The summed E-state index contributed by atoms with van der Waals surface area (Å²) in [6.45, 7) is 1.77. The molecular weight excluding hydrogens is 578 g/mol. The highest BCUT2D eigenvalue weighted by atomic mass is 32.1. The number of allylic oxidation sites excluding steroid dienone is 1. The first-order valence-corrected chi connectivity index (χ1v) is 14.5. The molecule has 10 heteroatoms. The lowest BCUT2D eigenvalue weighted by Gasteiger charge is -2.25. The maximum Gasteiger partial charge on any atom is 0.337 e. The van der Waals surface area contributed by atoms with Crippen LogP contribution in [0.25, 0.3) is 17.4 Å². The number of para-hydroxylation sites is 1. The number of thiazole rings is 1. The Morgan fingerprint density at radius 1 is 0.977 bits per heavy atom. The molecule has 1 aliphatic heterocycles. The Morgan fingerprint density at radius 2 is 1.75 bits per heavy atom. The van der Waals surface area contributed by atoms with Gasteiger partial charge in [0.25, 0.3) is 11.5 Å². The van der Waals surface area contributed by atoms with Gasteiger partial charge in [0.15, 0.2) is 4.80 Å². The fraction of sp³-hybridized carbons (Fsp3) is 0.118. The highest BCUT2D eigenvalue weighted by molar-refractivity contribution is 7.07. The number of methoxy groups -OCH3 is 2. The third kappa shape index (κ3) is 5.50. The lowest BCUT2D eigenvalue weighted by atomic mass is 9.95. The number of aromatic nitrogens is 1. The van der Waals surface area contributed by atoms with Crippen LogP contribution >= 0.6 is 11.3 Å². The van der Waals surface area contributed by atoms with Gasteiger partial charge in [0.05, 0.1) is 41.6 Å². The minimum absolute atomic E-state index is 0.308. The Bertz CT molecular complexity index is 2090. The summed E-state index contributed by atoms with van der Waals surface area (Å²) in [4.78, 5) is 44.8. The van der Waals surface area contributed by atoms with E-state index in [1.54, 1.807) is 79.3 Å². The van der Waals surface area contributed by atoms with E-state index >= 15 is 0 Å². The molecule has 0 saturated heterocycles. The maximum absolute atomic E-state index is 14.0. The van der Waals surface area contributed by atoms with Crippen LogP contribution in [0.5, 0.6) is 5.75 Å². The fourth-order valence-corrected chi connectivity index (χ4v) is 6.09. The van der Waals surface area contributed by atoms with Gasteiger partial charge in [0.2, 0.25) is 0 Å². The molecule has 1 atom stereocenters. The number of esters is 1. The summed E-state index contributed by atoms with van der Waals surface area (Å²) < 4.78 is 18.1. The Morgan fingerprint density at radius 3 is 2.48 bits per heavy atom. The molecule has 1 N–H and O–H groups in total. The average molecular weight is 606 g/mol. The summed E-state index contributed by atoms with van der Waals surface area (Å²) >= 11 is 1.22. The first-order chi connectivity index (χ1) is 21.4. The minimum Gasteiger partial charge on any atom is -0.497 e. The normalized spacial score (nSPS) is 14.5. The lowest BCUT2D eigenvalue weighted by Crippen LogP contribution is -2.40. The van der Waals surface area contributed by atoms with Gasteiger partial charge in [-0.05, 0) is 61.0 Å². The van der Waals surface area contributed by atoms with Crippen molar-refractivity contribution < 1.29 is 23.5 Å². The largest absolute Gasteiger partial charge is 0.497 e. The van der Waals surface area contributed by atoms with E-state index in [0.29, 0.717) is 54.7 Å². The molecule has 2 aromatic heterocycles. The first kappa shape index (κ1) is 28.6. The number of rotatable bonds is 7.